The Bertz CT molecular complexity index is 143. The Hall–Kier alpha value is -0.570. The maximum absolute atomic E-state index is 4.34. The SMILES string of the molecule is CCC(C)N=CNC(C)CN(C)C. The number of nitrogens with one attached hydrogen (secondary N) is 1. The quantitative estimate of drug-likeness (QED) is 0.500. The molecule has 0 aliphatic heterocycles. The molecular weight excluding hydrogens is 162 g/mol. The summed E-state index contributed by atoms with van der Waals surface area (Å²) in [7, 11) is 4.15. The fourth-order valence-electron chi connectivity index (χ4n) is 1.00. The number of rotatable bonds is 6. The van der Waals surface area contributed by atoms with Crippen molar-refractivity contribution in [3.05, 3.63) is 0 Å². The van der Waals surface area contributed by atoms with Gasteiger partial charge in [0.05, 0.1) is 6.34 Å². The summed E-state index contributed by atoms with van der Waals surface area (Å²) in [6.45, 7) is 7.45. The summed E-state index contributed by atoms with van der Waals surface area (Å²) in [6, 6.07) is 0.891. The first-order valence-corrected chi connectivity index (χ1v) is 4.98. The zero-order chi connectivity index (χ0) is 10.3. The van der Waals surface area contributed by atoms with Gasteiger partial charge in [-0.1, -0.05) is 6.92 Å². The Labute approximate surface area is 82.2 Å². The third kappa shape index (κ3) is 7.78. The predicted molar refractivity (Wildman–Crippen MR) is 59.4 cm³/mol. The third-order valence-corrected chi connectivity index (χ3v) is 1.92. The second kappa shape index (κ2) is 6.89. The molecule has 3 nitrogen and oxygen atoms in total. The lowest BCUT2D eigenvalue weighted by Crippen LogP contribution is -2.35. The van der Waals surface area contributed by atoms with Gasteiger partial charge in [0.2, 0.25) is 0 Å². The molecule has 3 heteroatoms. The fourth-order valence-corrected chi connectivity index (χ4v) is 1.00. The van der Waals surface area contributed by atoms with E-state index in [9.17, 15) is 0 Å². The lowest BCUT2D eigenvalue weighted by Gasteiger charge is -2.16. The van der Waals surface area contributed by atoms with E-state index in [1.807, 2.05) is 6.34 Å². The van der Waals surface area contributed by atoms with Gasteiger partial charge in [-0.15, -0.1) is 0 Å². The number of aliphatic imine (C=N–C) groups is 1. The van der Waals surface area contributed by atoms with Crippen LogP contribution in [0.3, 0.4) is 0 Å². The largest absolute Gasteiger partial charge is 0.373 e. The minimum atomic E-state index is 0.430. The van der Waals surface area contributed by atoms with Gasteiger partial charge in [0.1, 0.15) is 0 Å². The van der Waals surface area contributed by atoms with Gasteiger partial charge in [-0.05, 0) is 34.4 Å². The molecule has 2 atom stereocenters. The van der Waals surface area contributed by atoms with Crippen molar-refractivity contribution in [1.82, 2.24) is 10.2 Å². The Morgan fingerprint density at radius 2 is 2.00 bits per heavy atom. The summed E-state index contributed by atoms with van der Waals surface area (Å²) in [4.78, 5) is 6.50. The van der Waals surface area contributed by atoms with Crippen LogP contribution in [0.5, 0.6) is 0 Å². The molecular formula is C10H23N3. The maximum Gasteiger partial charge on any atom is 0.0829 e. The highest BCUT2D eigenvalue weighted by Gasteiger charge is 1.99. The van der Waals surface area contributed by atoms with Crippen LogP contribution >= 0.6 is 0 Å². The Morgan fingerprint density at radius 3 is 2.46 bits per heavy atom. The summed E-state index contributed by atoms with van der Waals surface area (Å²) in [6.07, 6.45) is 2.93. The molecule has 0 aromatic rings. The molecule has 0 fully saturated rings. The first kappa shape index (κ1) is 12.4. The minimum Gasteiger partial charge on any atom is -0.373 e. The van der Waals surface area contributed by atoms with Crippen LogP contribution in [0.2, 0.25) is 0 Å². The monoisotopic (exact) mass is 185 g/mol. The van der Waals surface area contributed by atoms with E-state index in [1.165, 1.54) is 0 Å². The van der Waals surface area contributed by atoms with Gasteiger partial charge < -0.3 is 10.2 Å². The van der Waals surface area contributed by atoms with Crippen molar-refractivity contribution >= 4 is 6.34 Å². The standard InChI is InChI=1S/C10H23N3/c1-6-9(2)11-8-12-10(3)7-13(4)5/h8-10H,6-7H2,1-5H3,(H,11,12). The highest BCUT2D eigenvalue weighted by atomic mass is 15.1. The Morgan fingerprint density at radius 1 is 1.38 bits per heavy atom. The predicted octanol–water partition coefficient (Wildman–Crippen LogP) is 1.35. The van der Waals surface area contributed by atoms with Crippen molar-refractivity contribution in [2.45, 2.75) is 39.3 Å². The molecule has 0 spiro atoms. The molecule has 78 valence electrons. The van der Waals surface area contributed by atoms with E-state index >= 15 is 0 Å². The smallest absolute Gasteiger partial charge is 0.0829 e. The lowest BCUT2D eigenvalue weighted by atomic mass is 10.3. The molecule has 0 aromatic heterocycles. The molecule has 13 heavy (non-hydrogen) atoms. The van der Waals surface area contributed by atoms with E-state index < -0.39 is 0 Å². The van der Waals surface area contributed by atoms with Crippen molar-refractivity contribution < 1.29 is 0 Å². The molecule has 0 aliphatic carbocycles. The molecule has 2 unspecified atom stereocenters. The third-order valence-electron chi connectivity index (χ3n) is 1.92. The van der Waals surface area contributed by atoms with Crippen LogP contribution in [-0.2, 0) is 0 Å². The number of hydrogen-bond acceptors (Lipinski definition) is 2. The van der Waals surface area contributed by atoms with Crippen LogP contribution in [0, 0.1) is 0 Å². The molecule has 0 heterocycles. The summed E-state index contributed by atoms with van der Waals surface area (Å²) < 4.78 is 0. The van der Waals surface area contributed by atoms with Crippen molar-refractivity contribution in [2.24, 2.45) is 4.99 Å². The number of hydrogen-bond donors (Lipinski definition) is 1. The van der Waals surface area contributed by atoms with Crippen molar-refractivity contribution in [1.29, 1.82) is 0 Å². The average molecular weight is 185 g/mol. The van der Waals surface area contributed by atoms with Crippen molar-refractivity contribution in [2.75, 3.05) is 20.6 Å². The van der Waals surface area contributed by atoms with E-state index in [4.69, 9.17) is 0 Å². The lowest BCUT2D eigenvalue weighted by molar-refractivity contribution is 0.371. The molecule has 0 rings (SSSR count). The maximum atomic E-state index is 4.34. The van der Waals surface area contributed by atoms with Gasteiger partial charge >= 0.3 is 0 Å². The van der Waals surface area contributed by atoms with Crippen LogP contribution < -0.4 is 5.32 Å². The minimum absolute atomic E-state index is 0.430. The number of nitrogens with zero attached hydrogens (tertiary/aromatic N) is 2. The Balaban J connectivity index is 3.56. The summed E-state index contributed by atoms with van der Waals surface area (Å²) >= 11 is 0. The second-order valence-corrected chi connectivity index (χ2v) is 3.87. The number of likely N-dealkylation sites (N-methyl/N-ethyl adjacent to an activating group) is 1. The summed E-state index contributed by atoms with van der Waals surface area (Å²) in [5.74, 6) is 0. The van der Waals surface area contributed by atoms with Gasteiger partial charge in [-0.2, -0.15) is 0 Å². The van der Waals surface area contributed by atoms with E-state index in [-0.39, 0.29) is 0 Å². The fraction of sp³-hybridized carbons (Fsp3) is 0.900. The summed E-state index contributed by atoms with van der Waals surface area (Å²) in [5, 5.41) is 3.25. The molecule has 0 radical (unpaired) electrons. The summed E-state index contributed by atoms with van der Waals surface area (Å²) in [5.41, 5.74) is 0. The van der Waals surface area contributed by atoms with Crippen LogP contribution in [0.4, 0.5) is 0 Å². The van der Waals surface area contributed by atoms with Gasteiger partial charge in [-0.25, -0.2) is 0 Å². The van der Waals surface area contributed by atoms with Crippen LogP contribution in [-0.4, -0.2) is 44.0 Å². The molecule has 0 aromatic carbocycles. The Kier molecular flexibility index (Phi) is 6.59. The molecule has 1 N–H and O–H groups in total. The topological polar surface area (TPSA) is 27.6 Å². The zero-order valence-corrected chi connectivity index (χ0v) is 9.54. The normalized spacial score (nSPS) is 16.5. The zero-order valence-electron chi connectivity index (χ0n) is 9.54. The highest BCUT2D eigenvalue weighted by Crippen LogP contribution is 1.92. The van der Waals surface area contributed by atoms with Crippen molar-refractivity contribution in [3.63, 3.8) is 0 Å². The van der Waals surface area contributed by atoms with E-state index in [2.05, 4.69) is 50.1 Å². The molecule has 0 amide bonds. The first-order valence-electron chi connectivity index (χ1n) is 4.98. The van der Waals surface area contributed by atoms with E-state index in [1.54, 1.807) is 0 Å². The van der Waals surface area contributed by atoms with Crippen LogP contribution in [0.15, 0.2) is 4.99 Å². The van der Waals surface area contributed by atoms with Gasteiger partial charge in [0.15, 0.2) is 0 Å². The van der Waals surface area contributed by atoms with Crippen LogP contribution in [0.25, 0.3) is 0 Å². The molecule has 0 saturated carbocycles. The van der Waals surface area contributed by atoms with Gasteiger partial charge in [0, 0.05) is 18.6 Å². The average Bonchev–Trinajstić information content (AvgIpc) is 2.02. The first-order chi connectivity index (χ1) is 6.06. The molecule has 0 saturated heterocycles. The molecule has 0 bridgehead atoms. The second-order valence-electron chi connectivity index (χ2n) is 3.87. The van der Waals surface area contributed by atoms with Gasteiger partial charge in [0.25, 0.3) is 0 Å². The van der Waals surface area contributed by atoms with E-state index in [0.29, 0.717) is 12.1 Å². The molecule has 0 aliphatic rings. The van der Waals surface area contributed by atoms with E-state index in [0.717, 1.165) is 13.0 Å². The van der Waals surface area contributed by atoms with Crippen LogP contribution in [0.1, 0.15) is 27.2 Å². The highest BCUT2D eigenvalue weighted by molar-refractivity contribution is 5.54. The van der Waals surface area contributed by atoms with Gasteiger partial charge in [-0.3, -0.25) is 4.99 Å². The van der Waals surface area contributed by atoms with Crippen molar-refractivity contribution in [3.8, 4) is 0 Å².